The fourth-order valence-corrected chi connectivity index (χ4v) is 1.65. The average molecular weight is 344 g/mol. The van der Waals surface area contributed by atoms with E-state index in [-0.39, 0.29) is 0 Å². The van der Waals surface area contributed by atoms with Crippen molar-refractivity contribution in [1.82, 2.24) is 0 Å². The molecule has 0 radical (unpaired) electrons. The summed E-state index contributed by atoms with van der Waals surface area (Å²) in [6, 6.07) is 0.819. The maximum Gasteiger partial charge on any atom is 0.444 e. The number of nitrogens with zero attached hydrogens (tertiary/aromatic N) is 1. The van der Waals surface area contributed by atoms with Crippen LogP contribution in [0.1, 0.15) is 5.56 Å². The molecule has 106 valence electrons. The lowest BCUT2D eigenvalue weighted by Crippen LogP contribution is -2.16. The van der Waals surface area contributed by atoms with Crippen LogP contribution in [0, 0.1) is 0 Å². The minimum atomic E-state index is -4.95. The van der Waals surface area contributed by atoms with Crippen LogP contribution >= 0.6 is 34.8 Å². The molecule has 0 N–H and O–H groups in total. The summed E-state index contributed by atoms with van der Waals surface area (Å²) in [5.74, 6) is 0. The molecule has 0 aliphatic rings. The van der Waals surface area contributed by atoms with E-state index < -0.39 is 38.8 Å². The Hall–Kier alpha value is -0.660. The minimum absolute atomic E-state index is 0.410. The van der Waals surface area contributed by atoms with Gasteiger partial charge in [0.05, 0.1) is 15.6 Å². The second kappa shape index (κ2) is 5.38. The second-order valence-electron chi connectivity index (χ2n) is 3.19. The Bertz CT molecular complexity index is 497. The number of hydrogen-bond acceptors (Lipinski definition) is 1. The summed E-state index contributed by atoms with van der Waals surface area (Å²) in [6.07, 6.45) is -9.68. The third kappa shape index (κ3) is 4.15. The van der Waals surface area contributed by atoms with Gasteiger partial charge in [0, 0.05) is 0 Å². The van der Waals surface area contributed by atoms with Gasteiger partial charge in [-0.25, -0.2) is 4.99 Å². The molecule has 0 bridgehead atoms. The van der Waals surface area contributed by atoms with Crippen LogP contribution in [0.15, 0.2) is 17.1 Å². The smallest absolute Gasteiger partial charge is 0.229 e. The van der Waals surface area contributed by atoms with Gasteiger partial charge in [-0.2, -0.15) is 26.3 Å². The Labute approximate surface area is 117 Å². The van der Waals surface area contributed by atoms with Crippen LogP contribution in [-0.2, 0) is 6.18 Å². The number of benzene rings is 1. The topological polar surface area (TPSA) is 12.4 Å². The lowest BCUT2D eigenvalue weighted by Gasteiger charge is -2.10. The van der Waals surface area contributed by atoms with Gasteiger partial charge in [0.2, 0.25) is 5.17 Å². The highest BCUT2D eigenvalue weighted by atomic mass is 35.5. The van der Waals surface area contributed by atoms with Crippen molar-refractivity contribution >= 4 is 45.7 Å². The van der Waals surface area contributed by atoms with Gasteiger partial charge in [0.25, 0.3) is 0 Å². The summed E-state index contributed by atoms with van der Waals surface area (Å²) < 4.78 is 73.5. The molecule has 1 rings (SSSR count). The predicted octanol–water partition coefficient (Wildman–Crippen LogP) is 5.84. The molecule has 0 fully saturated rings. The van der Waals surface area contributed by atoms with Crippen molar-refractivity contribution < 1.29 is 26.3 Å². The van der Waals surface area contributed by atoms with E-state index in [0.717, 1.165) is 0 Å². The zero-order chi connectivity index (χ0) is 15.0. The standard InChI is InChI=1S/C9H2Cl3F6N/c10-4-1-3(8(13,14)15)2-5(11)6(4)19-7(12)9(16,17)18/h1-2H. The average Bonchev–Trinajstić information content (AvgIpc) is 2.19. The Balaban J connectivity index is 3.34. The van der Waals surface area contributed by atoms with Crippen molar-refractivity contribution in [3.63, 3.8) is 0 Å². The van der Waals surface area contributed by atoms with Crippen molar-refractivity contribution in [2.45, 2.75) is 12.4 Å². The largest absolute Gasteiger partial charge is 0.444 e. The third-order valence-electron chi connectivity index (χ3n) is 1.79. The first-order chi connectivity index (χ1) is 8.43. The lowest BCUT2D eigenvalue weighted by atomic mass is 10.2. The van der Waals surface area contributed by atoms with Gasteiger partial charge in [-0.1, -0.05) is 34.8 Å². The van der Waals surface area contributed by atoms with E-state index in [9.17, 15) is 26.3 Å². The lowest BCUT2D eigenvalue weighted by molar-refractivity contribution is -0.137. The van der Waals surface area contributed by atoms with E-state index >= 15 is 0 Å². The van der Waals surface area contributed by atoms with Crippen LogP contribution in [0.5, 0.6) is 0 Å². The van der Waals surface area contributed by atoms with Crippen LogP contribution < -0.4 is 0 Å². The normalized spacial score (nSPS) is 13.8. The predicted molar refractivity (Wildman–Crippen MR) is 60.5 cm³/mol. The third-order valence-corrected chi connectivity index (χ3v) is 2.66. The van der Waals surface area contributed by atoms with E-state index in [0.29, 0.717) is 12.1 Å². The monoisotopic (exact) mass is 343 g/mol. The number of alkyl halides is 6. The molecule has 0 atom stereocenters. The van der Waals surface area contributed by atoms with E-state index in [1.165, 1.54) is 0 Å². The summed E-state index contributed by atoms with van der Waals surface area (Å²) in [6.45, 7) is 0. The van der Waals surface area contributed by atoms with E-state index in [4.69, 9.17) is 34.8 Å². The van der Waals surface area contributed by atoms with Crippen LogP contribution in [0.4, 0.5) is 32.0 Å². The summed E-state index contributed by atoms with van der Waals surface area (Å²) in [5, 5.41) is -3.18. The molecule has 1 nitrogen and oxygen atoms in total. The summed E-state index contributed by atoms with van der Waals surface area (Å²) >= 11 is 15.7. The fourth-order valence-electron chi connectivity index (χ4n) is 0.998. The van der Waals surface area contributed by atoms with Crippen LogP contribution in [-0.4, -0.2) is 11.3 Å². The fraction of sp³-hybridized carbons (Fsp3) is 0.222. The van der Waals surface area contributed by atoms with Gasteiger partial charge in [0.1, 0.15) is 5.69 Å². The Morgan fingerprint density at radius 2 is 1.37 bits per heavy atom. The van der Waals surface area contributed by atoms with Gasteiger partial charge in [0.15, 0.2) is 0 Å². The first-order valence-corrected chi connectivity index (χ1v) is 5.44. The van der Waals surface area contributed by atoms with Gasteiger partial charge in [-0.15, -0.1) is 0 Å². The Morgan fingerprint density at radius 1 is 0.947 bits per heavy atom. The highest BCUT2D eigenvalue weighted by molar-refractivity contribution is 6.67. The van der Waals surface area contributed by atoms with Crippen molar-refractivity contribution in [2.24, 2.45) is 4.99 Å². The molecular weight excluding hydrogens is 342 g/mol. The molecule has 0 spiro atoms. The molecule has 1 aromatic carbocycles. The Morgan fingerprint density at radius 3 is 1.68 bits per heavy atom. The summed E-state index contributed by atoms with van der Waals surface area (Å²) in [7, 11) is 0. The zero-order valence-electron chi connectivity index (χ0n) is 8.50. The molecule has 0 unspecified atom stereocenters. The molecule has 0 saturated carbocycles. The summed E-state index contributed by atoms with van der Waals surface area (Å²) in [4.78, 5) is 2.88. The van der Waals surface area contributed by atoms with Crippen molar-refractivity contribution in [3.05, 3.63) is 27.7 Å². The molecule has 0 aromatic heterocycles. The molecule has 19 heavy (non-hydrogen) atoms. The van der Waals surface area contributed by atoms with E-state index in [1.54, 1.807) is 0 Å². The molecule has 0 saturated heterocycles. The molecule has 0 heterocycles. The molecule has 0 aliphatic carbocycles. The van der Waals surface area contributed by atoms with Crippen LogP contribution in [0.3, 0.4) is 0 Å². The van der Waals surface area contributed by atoms with Gasteiger partial charge >= 0.3 is 12.4 Å². The van der Waals surface area contributed by atoms with Crippen molar-refractivity contribution in [2.75, 3.05) is 0 Å². The van der Waals surface area contributed by atoms with E-state index in [1.807, 2.05) is 0 Å². The highest BCUT2D eigenvalue weighted by Gasteiger charge is 2.36. The number of rotatable bonds is 1. The molecule has 1 aromatic rings. The summed E-state index contributed by atoms with van der Waals surface area (Å²) in [5.41, 5.74) is -1.89. The Kier molecular flexibility index (Phi) is 4.64. The molecule has 0 aliphatic heterocycles. The number of aliphatic imine (C=N–C) groups is 1. The van der Waals surface area contributed by atoms with Gasteiger partial charge in [-0.3, -0.25) is 0 Å². The second-order valence-corrected chi connectivity index (χ2v) is 4.36. The first kappa shape index (κ1) is 16.4. The van der Waals surface area contributed by atoms with Gasteiger partial charge < -0.3 is 0 Å². The number of halogens is 9. The van der Waals surface area contributed by atoms with Crippen LogP contribution in [0.25, 0.3) is 0 Å². The zero-order valence-corrected chi connectivity index (χ0v) is 10.8. The first-order valence-electron chi connectivity index (χ1n) is 4.30. The maximum absolute atomic E-state index is 12.4. The quantitative estimate of drug-likeness (QED) is 0.448. The van der Waals surface area contributed by atoms with E-state index in [2.05, 4.69) is 4.99 Å². The van der Waals surface area contributed by atoms with Crippen LogP contribution in [0.2, 0.25) is 10.0 Å². The molecule has 10 heteroatoms. The molecule has 0 amide bonds. The highest BCUT2D eigenvalue weighted by Crippen LogP contribution is 2.40. The minimum Gasteiger partial charge on any atom is -0.229 e. The maximum atomic E-state index is 12.4. The molecular formula is C9H2Cl3F6N. The number of hydrogen-bond donors (Lipinski definition) is 0. The van der Waals surface area contributed by atoms with Gasteiger partial charge in [-0.05, 0) is 12.1 Å². The van der Waals surface area contributed by atoms with Crippen molar-refractivity contribution in [1.29, 1.82) is 0 Å². The SMILES string of the molecule is FC(F)(F)C(Cl)=Nc1c(Cl)cc(C(F)(F)F)cc1Cl. The van der Waals surface area contributed by atoms with Crippen molar-refractivity contribution in [3.8, 4) is 0 Å².